The SMILES string of the molecule is CC(O)Cn1c(=O)n(C)c2cccnc21. The Balaban J connectivity index is 2.72. The Morgan fingerprint density at radius 2 is 2.33 bits per heavy atom. The van der Waals surface area contributed by atoms with E-state index in [1.807, 2.05) is 6.07 Å². The van der Waals surface area contributed by atoms with Gasteiger partial charge in [0.1, 0.15) is 0 Å². The molecule has 1 N–H and O–H groups in total. The number of aryl methyl sites for hydroxylation is 1. The Hall–Kier alpha value is -1.62. The standard InChI is InChI=1S/C10H13N3O2/c1-7(14)6-13-9-8(4-3-5-11-9)12(2)10(13)15/h3-5,7,14H,6H2,1-2H3. The zero-order chi connectivity index (χ0) is 11.0. The summed E-state index contributed by atoms with van der Waals surface area (Å²) in [6.45, 7) is 1.92. The van der Waals surface area contributed by atoms with Crippen molar-refractivity contribution in [1.82, 2.24) is 14.1 Å². The first-order valence-electron chi connectivity index (χ1n) is 4.79. The molecule has 0 saturated carbocycles. The molecule has 15 heavy (non-hydrogen) atoms. The number of hydrogen-bond acceptors (Lipinski definition) is 3. The van der Waals surface area contributed by atoms with Crippen molar-refractivity contribution in [3.8, 4) is 0 Å². The van der Waals surface area contributed by atoms with Crippen LogP contribution in [0.5, 0.6) is 0 Å². The quantitative estimate of drug-likeness (QED) is 0.760. The second-order valence-corrected chi connectivity index (χ2v) is 3.65. The fourth-order valence-electron chi connectivity index (χ4n) is 1.66. The van der Waals surface area contributed by atoms with Crippen molar-refractivity contribution >= 4 is 11.2 Å². The molecule has 2 aromatic rings. The third-order valence-corrected chi connectivity index (χ3v) is 2.35. The number of aliphatic hydroxyl groups is 1. The lowest BCUT2D eigenvalue weighted by atomic mass is 10.4. The topological polar surface area (TPSA) is 60.1 Å². The molecule has 5 nitrogen and oxygen atoms in total. The Bertz CT molecular complexity index is 539. The summed E-state index contributed by atoms with van der Waals surface area (Å²) in [5.41, 5.74) is 1.25. The molecule has 1 atom stereocenters. The maximum atomic E-state index is 11.8. The molecule has 0 aliphatic carbocycles. The second kappa shape index (κ2) is 3.51. The number of fused-ring (bicyclic) bond motifs is 1. The average molecular weight is 207 g/mol. The molecule has 0 saturated heterocycles. The van der Waals surface area contributed by atoms with Gasteiger partial charge in [-0.1, -0.05) is 0 Å². The summed E-state index contributed by atoms with van der Waals surface area (Å²) < 4.78 is 3.02. The molecule has 0 radical (unpaired) electrons. The number of nitrogens with zero attached hydrogens (tertiary/aromatic N) is 3. The lowest BCUT2D eigenvalue weighted by Crippen LogP contribution is -2.26. The zero-order valence-electron chi connectivity index (χ0n) is 8.71. The first-order valence-corrected chi connectivity index (χ1v) is 4.79. The summed E-state index contributed by atoms with van der Waals surface area (Å²) >= 11 is 0. The van der Waals surface area contributed by atoms with Crippen LogP contribution in [-0.4, -0.2) is 25.3 Å². The molecule has 2 aromatic heterocycles. The van der Waals surface area contributed by atoms with Crippen molar-refractivity contribution in [3.05, 3.63) is 28.8 Å². The highest BCUT2D eigenvalue weighted by Crippen LogP contribution is 2.08. The first kappa shape index (κ1) is 9.92. The van der Waals surface area contributed by atoms with Crippen LogP contribution in [-0.2, 0) is 13.6 Å². The lowest BCUT2D eigenvalue weighted by Gasteiger charge is -2.04. The van der Waals surface area contributed by atoms with Crippen LogP contribution in [0.2, 0.25) is 0 Å². The second-order valence-electron chi connectivity index (χ2n) is 3.65. The van der Waals surface area contributed by atoms with Crippen LogP contribution in [0.4, 0.5) is 0 Å². The molecule has 0 fully saturated rings. The van der Waals surface area contributed by atoms with Gasteiger partial charge < -0.3 is 5.11 Å². The van der Waals surface area contributed by atoms with Crippen LogP contribution >= 0.6 is 0 Å². The van der Waals surface area contributed by atoms with E-state index in [0.29, 0.717) is 5.65 Å². The van der Waals surface area contributed by atoms with Crippen molar-refractivity contribution in [2.24, 2.45) is 7.05 Å². The molecule has 0 bridgehead atoms. The maximum absolute atomic E-state index is 11.8. The predicted octanol–water partition coefficient (Wildman–Crippen LogP) is 0.116. The normalized spacial score (nSPS) is 13.3. The summed E-state index contributed by atoms with van der Waals surface area (Å²) in [5.74, 6) is 0. The van der Waals surface area contributed by atoms with Gasteiger partial charge >= 0.3 is 5.69 Å². The van der Waals surface area contributed by atoms with Crippen LogP contribution in [0.3, 0.4) is 0 Å². The first-order chi connectivity index (χ1) is 7.11. The minimum Gasteiger partial charge on any atom is -0.392 e. The van der Waals surface area contributed by atoms with E-state index in [0.717, 1.165) is 5.52 Å². The van der Waals surface area contributed by atoms with Gasteiger partial charge in [0.25, 0.3) is 0 Å². The van der Waals surface area contributed by atoms with Crippen LogP contribution in [0.1, 0.15) is 6.92 Å². The van der Waals surface area contributed by atoms with Gasteiger partial charge in [0, 0.05) is 13.2 Å². The smallest absolute Gasteiger partial charge is 0.330 e. The van der Waals surface area contributed by atoms with Crippen molar-refractivity contribution in [3.63, 3.8) is 0 Å². The van der Waals surface area contributed by atoms with E-state index in [9.17, 15) is 9.90 Å². The van der Waals surface area contributed by atoms with Gasteiger partial charge in [-0.05, 0) is 19.1 Å². The van der Waals surface area contributed by atoms with Crippen LogP contribution in [0.15, 0.2) is 23.1 Å². The molecule has 1 unspecified atom stereocenters. The third kappa shape index (κ3) is 1.55. The molecule has 5 heteroatoms. The van der Waals surface area contributed by atoms with E-state index in [-0.39, 0.29) is 12.2 Å². The number of aliphatic hydroxyl groups excluding tert-OH is 1. The number of rotatable bonds is 2. The molecular weight excluding hydrogens is 194 g/mol. The zero-order valence-corrected chi connectivity index (χ0v) is 8.71. The van der Waals surface area contributed by atoms with Crippen molar-refractivity contribution in [2.45, 2.75) is 19.6 Å². The predicted molar refractivity (Wildman–Crippen MR) is 56.7 cm³/mol. The van der Waals surface area contributed by atoms with Gasteiger partial charge in [-0.3, -0.25) is 9.13 Å². The minimum absolute atomic E-state index is 0.149. The summed E-state index contributed by atoms with van der Waals surface area (Å²) in [6.07, 6.45) is 1.08. The number of aromatic nitrogens is 3. The molecule has 2 rings (SSSR count). The van der Waals surface area contributed by atoms with Gasteiger partial charge in [-0.15, -0.1) is 0 Å². The van der Waals surface area contributed by atoms with Crippen molar-refractivity contribution < 1.29 is 5.11 Å². The maximum Gasteiger partial charge on any atom is 0.330 e. The molecule has 0 spiro atoms. The molecule has 0 aliphatic heterocycles. The Morgan fingerprint density at radius 1 is 1.60 bits per heavy atom. The van der Waals surface area contributed by atoms with Crippen molar-refractivity contribution in [1.29, 1.82) is 0 Å². The van der Waals surface area contributed by atoms with E-state index in [2.05, 4.69) is 4.98 Å². The fourth-order valence-corrected chi connectivity index (χ4v) is 1.66. The summed E-state index contributed by atoms with van der Waals surface area (Å²) in [7, 11) is 1.70. The van der Waals surface area contributed by atoms with Crippen LogP contribution < -0.4 is 5.69 Å². The Kier molecular flexibility index (Phi) is 2.32. The van der Waals surface area contributed by atoms with Gasteiger partial charge in [0.05, 0.1) is 18.2 Å². The number of pyridine rings is 1. The molecule has 2 heterocycles. The lowest BCUT2D eigenvalue weighted by molar-refractivity contribution is 0.173. The van der Waals surface area contributed by atoms with Crippen LogP contribution in [0.25, 0.3) is 11.2 Å². The monoisotopic (exact) mass is 207 g/mol. The molecule has 0 amide bonds. The van der Waals surface area contributed by atoms with Gasteiger partial charge in [0.2, 0.25) is 0 Å². The third-order valence-electron chi connectivity index (χ3n) is 2.35. The number of imidazole rings is 1. The average Bonchev–Trinajstić information content (AvgIpc) is 2.44. The van der Waals surface area contributed by atoms with E-state index in [1.165, 1.54) is 9.13 Å². The van der Waals surface area contributed by atoms with Gasteiger partial charge in [0.15, 0.2) is 5.65 Å². The molecular formula is C10H13N3O2. The minimum atomic E-state index is -0.560. The van der Waals surface area contributed by atoms with Gasteiger partial charge in [-0.2, -0.15) is 0 Å². The van der Waals surface area contributed by atoms with Crippen LogP contribution in [0, 0.1) is 0 Å². The highest BCUT2D eigenvalue weighted by atomic mass is 16.3. The Labute approximate surface area is 86.6 Å². The fraction of sp³-hybridized carbons (Fsp3) is 0.400. The highest BCUT2D eigenvalue weighted by molar-refractivity contribution is 5.71. The van der Waals surface area contributed by atoms with E-state index >= 15 is 0 Å². The summed E-state index contributed by atoms with van der Waals surface area (Å²) in [6, 6.07) is 3.62. The largest absolute Gasteiger partial charge is 0.392 e. The van der Waals surface area contributed by atoms with Crippen molar-refractivity contribution in [2.75, 3.05) is 0 Å². The number of hydrogen-bond donors (Lipinski definition) is 1. The summed E-state index contributed by atoms with van der Waals surface area (Å²) in [5, 5.41) is 9.30. The van der Waals surface area contributed by atoms with E-state index in [1.54, 1.807) is 26.2 Å². The highest BCUT2D eigenvalue weighted by Gasteiger charge is 2.12. The van der Waals surface area contributed by atoms with E-state index < -0.39 is 6.10 Å². The van der Waals surface area contributed by atoms with E-state index in [4.69, 9.17) is 0 Å². The molecule has 0 aliphatic rings. The molecule has 80 valence electrons. The Morgan fingerprint density at radius 3 is 3.00 bits per heavy atom. The molecule has 0 aromatic carbocycles. The van der Waals surface area contributed by atoms with Gasteiger partial charge in [-0.25, -0.2) is 9.78 Å². The summed E-state index contributed by atoms with van der Waals surface area (Å²) in [4.78, 5) is 15.9.